The van der Waals surface area contributed by atoms with E-state index in [1.165, 1.54) is 0 Å². The average Bonchev–Trinajstić information content (AvgIpc) is 2.95. The van der Waals surface area contributed by atoms with Crippen LogP contribution in [-0.4, -0.2) is 26.7 Å². The molecule has 3 rings (SSSR count). The molecule has 1 aromatic rings. The molecule has 0 spiro atoms. The number of rotatable bonds is 3. The molecular formula is C14H20N2O3S. The summed E-state index contributed by atoms with van der Waals surface area (Å²) in [4.78, 5) is 0.306. The third-order valence-corrected chi connectivity index (χ3v) is 6.10. The minimum atomic E-state index is -3.56. The van der Waals surface area contributed by atoms with E-state index in [0.29, 0.717) is 21.7 Å². The summed E-state index contributed by atoms with van der Waals surface area (Å²) < 4.78 is 33.8. The zero-order valence-electron chi connectivity index (χ0n) is 11.7. The smallest absolute Gasteiger partial charge is 0.241 e. The van der Waals surface area contributed by atoms with Crippen LogP contribution in [0.2, 0.25) is 0 Å². The molecule has 2 heterocycles. The first kappa shape index (κ1) is 13.9. The molecular weight excluding hydrogens is 276 g/mol. The number of sulfonamides is 1. The summed E-state index contributed by atoms with van der Waals surface area (Å²) in [7, 11) is -3.56. The first-order valence-electron chi connectivity index (χ1n) is 6.92. The van der Waals surface area contributed by atoms with Crippen LogP contribution in [-0.2, 0) is 14.8 Å². The first-order valence-corrected chi connectivity index (χ1v) is 8.40. The van der Waals surface area contributed by atoms with E-state index in [9.17, 15) is 8.42 Å². The molecule has 0 radical (unpaired) electrons. The van der Waals surface area contributed by atoms with Crippen molar-refractivity contribution in [2.24, 2.45) is 0 Å². The maximum absolute atomic E-state index is 12.6. The number of hydrogen-bond donors (Lipinski definition) is 2. The maximum atomic E-state index is 12.6. The fourth-order valence-electron chi connectivity index (χ4n) is 3.28. The largest absolute Gasteiger partial charge is 0.398 e. The van der Waals surface area contributed by atoms with Gasteiger partial charge in [-0.3, -0.25) is 0 Å². The summed E-state index contributed by atoms with van der Waals surface area (Å²) in [5, 5.41) is 0. The fraction of sp³-hybridized carbons (Fsp3) is 0.571. The number of anilines is 1. The van der Waals surface area contributed by atoms with Crippen molar-refractivity contribution in [2.45, 2.75) is 56.3 Å². The van der Waals surface area contributed by atoms with Crippen LogP contribution >= 0.6 is 0 Å². The summed E-state index contributed by atoms with van der Waals surface area (Å²) >= 11 is 0. The van der Waals surface area contributed by atoms with E-state index in [4.69, 9.17) is 10.5 Å². The molecule has 0 aliphatic carbocycles. The lowest BCUT2D eigenvalue weighted by molar-refractivity contribution is 0.0996. The predicted molar refractivity (Wildman–Crippen MR) is 76.9 cm³/mol. The van der Waals surface area contributed by atoms with Gasteiger partial charge in [-0.05, 0) is 50.3 Å². The summed E-state index contributed by atoms with van der Waals surface area (Å²) in [5.74, 6) is 0. The van der Waals surface area contributed by atoms with Gasteiger partial charge >= 0.3 is 0 Å². The zero-order chi connectivity index (χ0) is 14.5. The van der Waals surface area contributed by atoms with Crippen molar-refractivity contribution in [3.05, 3.63) is 23.3 Å². The summed E-state index contributed by atoms with van der Waals surface area (Å²) in [6, 6.07) is 3.37. The van der Waals surface area contributed by atoms with Crippen molar-refractivity contribution in [2.75, 3.05) is 5.73 Å². The third-order valence-electron chi connectivity index (χ3n) is 4.33. The van der Waals surface area contributed by atoms with E-state index in [2.05, 4.69) is 4.72 Å². The van der Waals surface area contributed by atoms with Crippen molar-refractivity contribution in [1.82, 2.24) is 4.72 Å². The van der Waals surface area contributed by atoms with E-state index < -0.39 is 10.0 Å². The van der Waals surface area contributed by atoms with E-state index >= 15 is 0 Å². The Bertz CT molecular complexity index is 642. The van der Waals surface area contributed by atoms with Gasteiger partial charge in [0.25, 0.3) is 0 Å². The van der Waals surface area contributed by atoms with Crippen LogP contribution in [0.5, 0.6) is 0 Å². The van der Waals surface area contributed by atoms with Crippen LogP contribution in [0.1, 0.15) is 30.4 Å². The number of benzene rings is 1. The highest BCUT2D eigenvalue weighted by molar-refractivity contribution is 7.89. The summed E-state index contributed by atoms with van der Waals surface area (Å²) in [6.07, 6.45) is 2.99. The molecule has 2 fully saturated rings. The molecule has 2 aliphatic heterocycles. The second-order valence-corrected chi connectivity index (χ2v) is 7.41. The van der Waals surface area contributed by atoms with Gasteiger partial charge < -0.3 is 10.5 Å². The molecule has 6 heteroatoms. The second kappa shape index (κ2) is 4.72. The standard InChI is InChI=1S/C14H20N2O3S/c1-8-3-5-11(15)9(2)14(8)20(17,18)16-12-7-10-4-6-13(12)19-10/h3,5,10,12-13,16H,4,6-7,15H2,1-2H3. The first-order chi connectivity index (χ1) is 9.38. The number of hydrogen-bond acceptors (Lipinski definition) is 4. The van der Waals surface area contributed by atoms with E-state index in [1.54, 1.807) is 26.0 Å². The van der Waals surface area contributed by atoms with Gasteiger partial charge in [-0.25, -0.2) is 13.1 Å². The summed E-state index contributed by atoms with van der Waals surface area (Å²) in [5.41, 5.74) is 7.67. The Morgan fingerprint density at radius 1 is 1.30 bits per heavy atom. The van der Waals surface area contributed by atoms with Gasteiger partial charge in [-0.2, -0.15) is 0 Å². The van der Waals surface area contributed by atoms with Crippen molar-refractivity contribution < 1.29 is 13.2 Å². The summed E-state index contributed by atoms with van der Waals surface area (Å²) in [6.45, 7) is 3.53. The molecule has 0 amide bonds. The zero-order valence-corrected chi connectivity index (χ0v) is 12.5. The Labute approximate surface area is 119 Å². The number of nitrogens with one attached hydrogen (secondary N) is 1. The van der Waals surface area contributed by atoms with Crippen LogP contribution in [0.15, 0.2) is 17.0 Å². The topological polar surface area (TPSA) is 81.4 Å². The van der Waals surface area contributed by atoms with E-state index in [0.717, 1.165) is 19.3 Å². The van der Waals surface area contributed by atoms with Gasteiger partial charge in [-0.1, -0.05) is 6.07 Å². The SMILES string of the molecule is Cc1ccc(N)c(C)c1S(=O)(=O)NC1CC2CCC1O2. The van der Waals surface area contributed by atoms with Crippen molar-refractivity contribution in [1.29, 1.82) is 0 Å². The fourth-order valence-corrected chi connectivity index (χ4v) is 5.05. The van der Waals surface area contributed by atoms with Crippen LogP contribution in [0, 0.1) is 13.8 Å². The van der Waals surface area contributed by atoms with Crippen LogP contribution in [0.3, 0.4) is 0 Å². The van der Waals surface area contributed by atoms with Crippen LogP contribution < -0.4 is 10.5 Å². The van der Waals surface area contributed by atoms with Gasteiger partial charge in [0.1, 0.15) is 0 Å². The van der Waals surface area contributed by atoms with E-state index in [1.807, 2.05) is 0 Å². The Morgan fingerprint density at radius 2 is 2.05 bits per heavy atom. The molecule has 1 aromatic carbocycles. The molecule has 3 N–H and O–H groups in total. The Balaban J connectivity index is 1.91. The Hall–Kier alpha value is -1.11. The molecule has 2 bridgehead atoms. The molecule has 0 aromatic heterocycles. The van der Waals surface area contributed by atoms with Crippen molar-refractivity contribution in [3.8, 4) is 0 Å². The highest BCUT2D eigenvalue weighted by Crippen LogP contribution is 2.35. The number of nitrogens with two attached hydrogens (primary N) is 1. The van der Waals surface area contributed by atoms with Crippen LogP contribution in [0.4, 0.5) is 5.69 Å². The average molecular weight is 296 g/mol. The molecule has 3 atom stereocenters. The molecule has 2 saturated heterocycles. The van der Waals surface area contributed by atoms with Gasteiger partial charge in [0.15, 0.2) is 0 Å². The second-order valence-electron chi connectivity index (χ2n) is 5.76. The van der Waals surface area contributed by atoms with Gasteiger partial charge in [-0.15, -0.1) is 0 Å². The number of nitrogen functional groups attached to an aromatic ring is 1. The monoisotopic (exact) mass is 296 g/mol. The highest BCUT2D eigenvalue weighted by Gasteiger charge is 2.42. The normalized spacial score (nSPS) is 29.0. The van der Waals surface area contributed by atoms with Gasteiger partial charge in [0.05, 0.1) is 23.1 Å². The molecule has 0 saturated carbocycles. The number of aryl methyl sites for hydroxylation is 1. The van der Waals surface area contributed by atoms with Gasteiger partial charge in [0.2, 0.25) is 10.0 Å². The highest BCUT2D eigenvalue weighted by atomic mass is 32.2. The lowest BCUT2D eigenvalue weighted by Crippen LogP contribution is -2.41. The third kappa shape index (κ3) is 2.21. The molecule has 5 nitrogen and oxygen atoms in total. The van der Waals surface area contributed by atoms with Gasteiger partial charge in [0, 0.05) is 5.69 Å². The Kier molecular flexibility index (Phi) is 3.27. The van der Waals surface area contributed by atoms with E-state index in [-0.39, 0.29) is 18.2 Å². The van der Waals surface area contributed by atoms with Crippen molar-refractivity contribution in [3.63, 3.8) is 0 Å². The molecule has 3 unspecified atom stereocenters. The minimum absolute atomic E-state index is 0.0245. The Morgan fingerprint density at radius 3 is 2.65 bits per heavy atom. The lowest BCUT2D eigenvalue weighted by Gasteiger charge is -2.21. The van der Waals surface area contributed by atoms with Crippen LogP contribution in [0.25, 0.3) is 0 Å². The predicted octanol–water partition coefficient (Wildman–Crippen LogP) is 1.48. The number of fused-ring (bicyclic) bond motifs is 2. The van der Waals surface area contributed by atoms with Crippen molar-refractivity contribution >= 4 is 15.7 Å². The lowest BCUT2D eigenvalue weighted by atomic mass is 9.96. The maximum Gasteiger partial charge on any atom is 0.241 e. The minimum Gasteiger partial charge on any atom is -0.398 e. The molecule has 110 valence electrons. The quantitative estimate of drug-likeness (QED) is 0.828. The number of ether oxygens (including phenoxy) is 1. The molecule has 2 aliphatic rings. The molecule has 20 heavy (non-hydrogen) atoms.